The van der Waals surface area contributed by atoms with Gasteiger partial charge in [-0.15, -0.1) is 0 Å². The summed E-state index contributed by atoms with van der Waals surface area (Å²) in [7, 11) is 3.44. The first-order valence-corrected chi connectivity index (χ1v) is 17.2. The van der Waals surface area contributed by atoms with Crippen LogP contribution in [-0.4, -0.2) is 53.7 Å². The summed E-state index contributed by atoms with van der Waals surface area (Å²) in [5, 5.41) is 12.7. The van der Waals surface area contributed by atoms with Crippen LogP contribution in [-0.2, 0) is 22.2 Å². The van der Waals surface area contributed by atoms with E-state index in [4.69, 9.17) is 4.74 Å². The third kappa shape index (κ3) is 8.75. The molecule has 1 saturated carbocycles. The van der Waals surface area contributed by atoms with Crippen LogP contribution in [0.1, 0.15) is 103 Å². The van der Waals surface area contributed by atoms with E-state index in [1.807, 2.05) is 26.0 Å². The molecule has 1 amide bonds. The van der Waals surface area contributed by atoms with Gasteiger partial charge in [-0.2, -0.15) is 13.2 Å². The van der Waals surface area contributed by atoms with Crippen molar-refractivity contribution in [2.75, 3.05) is 27.2 Å². The summed E-state index contributed by atoms with van der Waals surface area (Å²) in [6, 6.07) is 5.20. The Kier molecular flexibility index (Phi) is 11.4. The van der Waals surface area contributed by atoms with Crippen molar-refractivity contribution in [3.63, 3.8) is 0 Å². The highest BCUT2D eigenvalue weighted by atomic mass is 19.4. The Morgan fingerprint density at radius 1 is 1.00 bits per heavy atom. The van der Waals surface area contributed by atoms with Crippen LogP contribution in [0.4, 0.5) is 17.6 Å². The number of fused-ring (bicyclic) bond motifs is 4. The molecule has 12 heteroatoms. The van der Waals surface area contributed by atoms with Crippen molar-refractivity contribution >= 4 is 11.9 Å². The minimum atomic E-state index is -4.78. The molecule has 8 nitrogen and oxygen atoms in total. The normalized spacial score (nSPS) is 19.1. The van der Waals surface area contributed by atoms with Crippen molar-refractivity contribution in [1.29, 1.82) is 0 Å². The lowest BCUT2D eigenvalue weighted by molar-refractivity contribution is -0.139. The monoisotopic (exact) mass is 699 g/mol. The van der Waals surface area contributed by atoms with Gasteiger partial charge in [0.15, 0.2) is 0 Å². The number of aliphatic carboxylic acids is 1. The van der Waals surface area contributed by atoms with Crippen LogP contribution in [0, 0.1) is 19.7 Å². The van der Waals surface area contributed by atoms with E-state index in [-0.39, 0.29) is 36.4 Å². The van der Waals surface area contributed by atoms with Crippen molar-refractivity contribution in [3.05, 3.63) is 86.1 Å². The zero-order valence-electron chi connectivity index (χ0n) is 29.0. The molecule has 1 aliphatic carbocycles. The smallest absolute Gasteiger partial charge is 0.416 e. The minimum Gasteiger partial charge on any atom is -0.493 e. The molecule has 0 radical (unpaired) electrons. The molecule has 0 unspecified atom stereocenters. The number of benzene rings is 2. The Balaban J connectivity index is 1.65. The second-order valence-electron chi connectivity index (χ2n) is 13.9. The van der Waals surface area contributed by atoms with Gasteiger partial charge < -0.3 is 24.6 Å². The first-order valence-electron chi connectivity index (χ1n) is 17.2. The Hall–Kier alpha value is -4.19. The van der Waals surface area contributed by atoms with Gasteiger partial charge in [0.1, 0.15) is 17.6 Å². The number of pyridine rings is 1. The van der Waals surface area contributed by atoms with Crippen LogP contribution in [0.5, 0.6) is 5.75 Å². The number of carbonyl (C=O) groups is 2. The summed E-state index contributed by atoms with van der Waals surface area (Å²) in [6.45, 7) is 4.56. The molecule has 2 atom stereocenters. The number of hydrogen-bond acceptors (Lipinski definition) is 5. The predicted molar refractivity (Wildman–Crippen MR) is 182 cm³/mol. The lowest BCUT2D eigenvalue weighted by Gasteiger charge is -2.27. The van der Waals surface area contributed by atoms with Crippen LogP contribution in [0.25, 0.3) is 11.1 Å². The highest BCUT2D eigenvalue weighted by molar-refractivity contribution is 5.82. The van der Waals surface area contributed by atoms with Crippen LogP contribution in [0.15, 0.2) is 41.3 Å². The molecule has 5 rings (SSSR count). The number of ether oxygens (including phenoxy) is 1. The van der Waals surface area contributed by atoms with Crippen LogP contribution >= 0.6 is 0 Å². The van der Waals surface area contributed by atoms with E-state index < -0.39 is 53.5 Å². The number of likely N-dealkylation sites (N-methyl/N-ethyl adjacent to an activating group) is 1. The molecule has 2 aliphatic rings. The van der Waals surface area contributed by atoms with E-state index in [1.54, 1.807) is 31.1 Å². The molecule has 0 spiro atoms. The average Bonchev–Trinajstić information content (AvgIpc) is 3.86. The fraction of sp³-hybridized carbons (Fsp3) is 0.500. The van der Waals surface area contributed by atoms with Gasteiger partial charge in [0.2, 0.25) is 5.91 Å². The quantitative estimate of drug-likeness (QED) is 0.248. The predicted octanol–water partition coefficient (Wildman–Crippen LogP) is 7.49. The van der Waals surface area contributed by atoms with Gasteiger partial charge in [-0.3, -0.25) is 14.4 Å². The molecule has 2 bridgehead atoms. The van der Waals surface area contributed by atoms with Crippen molar-refractivity contribution in [3.8, 4) is 16.9 Å². The third-order valence-electron chi connectivity index (χ3n) is 9.51. The second-order valence-corrected chi connectivity index (χ2v) is 13.9. The molecule has 270 valence electrons. The number of aromatic nitrogens is 1. The molecule has 2 N–H and O–H groups in total. The number of alkyl halides is 3. The second kappa shape index (κ2) is 15.4. The fourth-order valence-corrected chi connectivity index (χ4v) is 6.87. The van der Waals surface area contributed by atoms with Gasteiger partial charge in [0, 0.05) is 29.9 Å². The molecular formula is C38H45F4N3O5. The summed E-state index contributed by atoms with van der Waals surface area (Å²) in [5.41, 5.74) is 1.49. The molecule has 0 saturated heterocycles. The standard InChI is InChI=1S/C38H45F4N3O5/c1-22-15-23(2)35-26-17-27(24-10-11-24)36(39)28(18-26)30(20-34(47)48)43-37(49)31(9-7-5-6-8-14-50-32(35)16-22)45-21-25(12-13-44(3)4)29(19-33(45)46)38(40,41)42/h15-19,21,24,30-31H,5-14,20H2,1-4H3,(H,43,49)(H,47,48)/t30-,31-/m0/s1. The number of rotatable bonds is 7. The number of carboxylic acids is 1. The van der Waals surface area contributed by atoms with E-state index in [9.17, 15) is 32.7 Å². The zero-order chi connectivity index (χ0) is 36.3. The first-order chi connectivity index (χ1) is 23.6. The number of nitrogens with one attached hydrogen (secondary N) is 1. The number of nitrogens with zero attached hydrogens (tertiary/aromatic N) is 2. The summed E-state index contributed by atoms with van der Waals surface area (Å²) in [4.78, 5) is 41.5. The van der Waals surface area contributed by atoms with Crippen molar-refractivity contribution in [1.82, 2.24) is 14.8 Å². The van der Waals surface area contributed by atoms with Crippen LogP contribution < -0.4 is 15.6 Å². The van der Waals surface area contributed by atoms with Gasteiger partial charge in [0.25, 0.3) is 5.56 Å². The number of amides is 1. The van der Waals surface area contributed by atoms with E-state index >= 15 is 4.39 Å². The molecule has 1 fully saturated rings. The van der Waals surface area contributed by atoms with E-state index in [0.717, 1.165) is 46.7 Å². The highest BCUT2D eigenvalue weighted by Crippen LogP contribution is 2.46. The highest BCUT2D eigenvalue weighted by Gasteiger charge is 2.36. The number of halogens is 4. The lowest BCUT2D eigenvalue weighted by atomic mass is 9.90. The number of carbonyl (C=O) groups excluding carboxylic acids is 1. The maximum Gasteiger partial charge on any atom is 0.416 e. The molecule has 2 heterocycles. The first kappa shape index (κ1) is 37.1. The Morgan fingerprint density at radius 2 is 1.70 bits per heavy atom. The summed E-state index contributed by atoms with van der Waals surface area (Å²) < 4.78 is 65.9. The summed E-state index contributed by atoms with van der Waals surface area (Å²) >= 11 is 0. The van der Waals surface area contributed by atoms with Gasteiger partial charge in [0.05, 0.1) is 24.6 Å². The van der Waals surface area contributed by atoms with E-state index in [0.29, 0.717) is 48.8 Å². The van der Waals surface area contributed by atoms with Gasteiger partial charge >= 0.3 is 12.1 Å². The molecule has 50 heavy (non-hydrogen) atoms. The SMILES string of the molecule is Cc1cc(C)c2c(c1)OCCCCCC[C@H](n1cc(CCN(C)C)c(C(F)(F)F)cc1=O)C(=O)N[C@@H](CC(=O)O)c1cc-2cc(C2CC2)c1F. The van der Waals surface area contributed by atoms with E-state index in [1.165, 1.54) is 0 Å². The van der Waals surface area contributed by atoms with Crippen LogP contribution in [0.3, 0.4) is 0 Å². The third-order valence-corrected chi connectivity index (χ3v) is 9.51. The Morgan fingerprint density at radius 3 is 2.36 bits per heavy atom. The number of hydrogen-bond donors (Lipinski definition) is 2. The van der Waals surface area contributed by atoms with Crippen LogP contribution in [0.2, 0.25) is 0 Å². The average molecular weight is 700 g/mol. The van der Waals surface area contributed by atoms with Crippen molar-refractivity contribution in [2.24, 2.45) is 0 Å². The maximum atomic E-state index is 16.4. The van der Waals surface area contributed by atoms with Gasteiger partial charge in [-0.05, 0) is 112 Å². The zero-order valence-corrected chi connectivity index (χ0v) is 29.0. The Labute approximate surface area is 289 Å². The molecule has 1 aromatic heterocycles. The molecule has 3 aromatic rings. The number of carboxylic acid groups (broad SMARTS) is 1. The maximum absolute atomic E-state index is 16.4. The van der Waals surface area contributed by atoms with Gasteiger partial charge in [-0.25, -0.2) is 4.39 Å². The minimum absolute atomic E-state index is 0.0108. The molecular weight excluding hydrogens is 654 g/mol. The van der Waals surface area contributed by atoms with Crippen molar-refractivity contribution in [2.45, 2.75) is 95.8 Å². The molecule has 2 aromatic carbocycles. The lowest BCUT2D eigenvalue weighted by Crippen LogP contribution is -2.40. The number of aryl methyl sites for hydroxylation is 2. The van der Waals surface area contributed by atoms with Gasteiger partial charge in [-0.1, -0.05) is 25.3 Å². The summed E-state index contributed by atoms with van der Waals surface area (Å²) in [6.07, 6.45) is -0.210. The van der Waals surface area contributed by atoms with E-state index in [2.05, 4.69) is 5.32 Å². The summed E-state index contributed by atoms with van der Waals surface area (Å²) in [5.74, 6) is -2.08. The molecule has 1 aliphatic heterocycles. The van der Waals surface area contributed by atoms with Crippen molar-refractivity contribution < 1.29 is 37.0 Å². The topological polar surface area (TPSA) is 101 Å². The largest absolute Gasteiger partial charge is 0.493 e. The Bertz CT molecular complexity index is 1800. The fourth-order valence-electron chi connectivity index (χ4n) is 6.87.